The zero-order valence-electron chi connectivity index (χ0n) is 18.0. The number of likely N-dealkylation sites (tertiary alicyclic amines) is 1. The Morgan fingerprint density at radius 1 is 1.03 bits per heavy atom. The first-order chi connectivity index (χ1) is 15.0. The van der Waals surface area contributed by atoms with Crippen LogP contribution in [0.1, 0.15) is 28.3 Å². The number of ketones is 1. The third-order valence-corrected chi connectivity index (χ3v) is 6.06. The van der Waals surface area contributed by atoms with E-state index in [9.17, 15) is 14.7 Å². The van der Waals surface area contributed by atoms with E-state index in [1.165, 1.54) is 0 Å². The lowest BCUT2D eigenvalue weighted by Crippen LogP contribution is -2.42. The fourth-order valence-electron chi connectivity index (χ4n) is 4.30. The molecule has 2 aromatic rings. The van der Waals surface area contributed by atoms with E-state index in [1.54, 1.807) is 4.90 Å². The third kappa shape index (κ3) is 4.27. The van der Waals surface area contributed by atoms with Gasteiger partial charge in [-0.05, 0) is 31.0 Å². The van der Waals surface area contributed by atoms with Crippen LogP contribution in [0.25, 0.3) is 5.76 Å². The molecule has 1 N–H and O–H groups in total. The second-order valence-electron chi connectivity index (χ2n) is 8.18. The number of rotatable bonds is 5. The maximum atomic E-state index is 13.1. The Bertz CT molecular complexity index is 1010. The van der Waals surface area contributed by atoms with Gasteiger partial charge in [0.15, 0.2) is 0 Å². The zero-order valence-corrected chi connectivity index (χ0v) is 18.0. The number of nitrogens with zero attached hydrogens (tertiary/aromatic N) is 2. The molecule has 2 aliphatic heterocycles. The lowest BCUT2D eigenvalue weighted by atomic mass is 9.93. The maximum absolute atomic E-state index is 13.1. The zero-order chi connectivity index (χ0) is 22.0. The molecule has 2 aromatic carbocycles. The monoisotopic (exact) mass is 420 g/mol. The third-order valence-electron chi connectivity index (χ3n) is 6.06. The number of Topliss-reactive ketones (excluding diaryl/α,β-unsaturated/α-hetero) is 1. The number of aryl methyl sites for hydroxylation is 2. The summed E-state index contributed by atoms with van der Waals surface area (Å²) < 4.78 is 5.40. The average molecular weight is 421 g/mol. The van der Waals surface area contributed by atoms with Crippen LogP contribution in [0.15, 0.2) is 54.1 Å². The normalized spacial score (nSPS) is 21.6. The van der Waals surface area contributed by atoms with Crippen LogP contribution >= 0.6 is 0 Å². The molecule has 0 spiro atoms. The van der Waals surface area contributed by atoms with E-state index in [4.69, 9.17) is 4.74 Å². The van der Waals surface area contributed by atoms with Gasteiger partial charge < -0.3 is 14.7 Å². The Hall–Kier alpha value is -2.96. The summed E-state index contributed by atoms with van der Waals surface area (Å²) in [5, 5.41) is 11.2. The summed E-state index contributed by atoms with van der Waals surface area (Å²) in [5.41, 5.74) is 3.40. The van der Waals surface area contributed by atoms with Crippen molar-refractivity contribution in [2.45, 2.75) is 19.9 Å². The molecule has 6 heteroatoms. The highest BCUT2D eigenvalue weighted by molar-refractivity contribution is 6.46. The van der Waals surface area contributed by atoms with Crippen molar-refractivity contribution in [3.8, 4) is 0 Å². The summed E-state index contributed by atoms with van der Waals surface area (Å²) in [7, 11) is 0. The van der Waals surface area contributed by atoms with E-state index >= 15 is 0 Å². The van der Waals surface area contributed by atoms with E-state index < -0.39 is 17.7 Å². The molecular formula is C25H28N2O4. The van der Waals surface area contributed by atoms with Gasteiger partial charge in [0.2, 0.25) is 0 Å². The Morgan fingerprint density at radius 2 is 1.74 bits per heavy atom. The summed E-state index contributed by atoms with van der Waals surface area (Å²) >= 11 is 0. The van der Waals surface area contributed by atoms with Gasteiger partial charge in [-0.3, -0.25) is 14.5 Å². The van der Waals surface area contributed by atoms with E-state index in [-0.39, 0.29) is 11.3 Å². The van der Waals surface area contributed by atoms with Gasteiger partial charge in [0, 0.05) is 31.7 Å². The molecule has 0 bridgehead atoms. The lowest BCUT2D eigenvalue weighted by molar-refractivity contribution is -0.140. The van der Waals surface area contributed by atoms with Gasteiger partial charge in [0.05, 0.1) is 24.8 Å². The van der Waals surface area contributed by atoms with Crippen molar-refractivity contribution < 1.29 is 19.4 Å². The molecule has 1 atom stereocenters. The van der Waals surface area contributed by atoms with E-state index in [0.29, 0.717) is 31.9 Å². The molecule has 2 aliphatic rings. The van der Waals surface area contributed by atoms with Gasteiger partial charge in [0.1, 0.15) is 5.76 Å². The predicted octanol–water partition coefficient (Wildman–Crippen LogP) is 3.06. The number of benzene rings is 2. The molecule has 2 saturated heterocycles. The fourth-order valence-corrected chi connectivity index (χ4v) is 4.30. The van der Waals surface area contributed by atoms with Crippen LogP contribution in [0.4, 0.5) is 0 Å². The van der Waals surface area contributed by atoms with Crippen molar-refractivity contribution in [2.24, 2.45) is 0 Å². The minimum Gasteiger partial charge on any atom is -0.507 e. The molecule has 0 aliphatic carbocycles. The summed E-state index contributed by atoms with van der Waals surface area (Å²) in [6.07, 6.45) is 0. The molecule has 162 valence electrons. The second-order valence-corrected chi connectivity index (χ2v) is 8.18. The summed E-state index contributed by atoms with van der Waals surface area (Å²) in [5.74, 6) is -1.30. The van der Waals surface area contributed by atoms with Crippen molar-refractivity contribution in [1.29, 1.82) is 0 Å². The maximum Gasteiger partial charge on any atom is 0.295 e. The minimum absolute atomic E-state index is 0.109. The number of aliphatic hydroxyl groups is 1. The SMILES string of the molecule is Cc1ccc(C)c(/C(O)=C2\C(=O)C(=O)N(CCN3CCOCC3)C2c2ccccc2)c1. The molecule has 1 unspecified atom stereocenters. The van der Waals surface area contributed by atoms with Crippen molar-refractivity contribution in [1.82, 2.24) is 9.80 Å². The molecule has 0 aromatic heterocycles. The van der Waals surface area contributed by atoms with Crippen LogP contribution in [-0.4, -0.2) is 66.0 Å². The number of ether oxygens (including phenoxy) is 1. The first kappa shape index (κ1) is 21.3. The van der Waals surface area contributed by atoms with Crippen molar-refractivity contribution in [2.75, 3.05) is 39.4 Å². The summed E-state index contributed by atoms with van der Waals surface area (Å²) in [6.45, 7) is 7.86. The Labute approximate surface area is 182 Å². The van der Waals surface area contributed by atoms with Crippen LogP contribution in [0.2, 0.25) is 0 Å². The Kier molecular flexibility index (Phi) is 6.20. The highest BCUT2D eigenvalue weighted by atomic mass is 16.5. The van der Waals surface area contributed by atoms with E-state index in [2.05, 4.69) is 4.90 Å². The second kappa shape index (κ2) is 9.04. The van der Waals surface area contributed by atoms with Gasteiger partial charge >= 0.3 is 0 Å². The number of hydrogen-bond donors (Lipinski definition) is 1. The van der Waals surface area contributed by atoms with Crippen LogP contribution in [0.3, 0.4) is 0 Å². The quantitative estimate of drug-likeness (QED) is 0.457. The lowest BCUT2D eigenvalue weighted by Gasteiger charge is -2.31. The molecule has 31 heavy (non-hydrogen) atoms. The predicted molar refractivity (Wildman–Crippen MR) is 119 cm³/mol. The van der Waals surface area contributed by atoms with E-state index in [0.717, 1.165) is 29.8 Å². The number of carbonyl (C=O) groups excluding carboxylic acids is 2. The topological polar surface area (TPSA) is 70.1 Å². The number of aliphatic hydroxyl groups excluding tert-OH is 1. The van der Waals surface area contributed by atoms with Gasteiger partial charge in [-0.1, -0.05) is 48.0 Å². The van der Waals surface area contributed by atoms with Gasteiger partial charge in [-0.2, -0.15) is 0 Å². The molecule has 1 amide bonds. The summed E-state index contributed by atoms with van der Waals surface area (Å²) in [6, 6.07) is 14.6. The van der Waals surface area contributed by atoms with Crippen molar-refractivity contribution >= 4 is 17.4 Å². The Morgan fingerprint density at radius 3 is 2.45 bits per heavy atom. The molecular weight excluding hydrogens is 392 g/mol. The van der Waals surface area contributed by atoms with Gasteiger partial charge in [-0.15, -0.1) is 0 Å². The molecule has 6 nitrogen and oxygen atoms in total. The highest BCUT2D eigenvalue weighted by Gasteiger charge is 2.46. The first-order valence-electron chi connectivity index (χ1n) is 10.7. The standard InChI is InChI=1S/C25H28N2O4/c1-17-8-9-18(2)20(16-17)23(28)21-22(19-6-4-3-5-7-19)27(25(30)24(21)29)11-10-26-12-14-31-15-13-26/h3-9,16,22,28H,10-15H2,1-2H3/b23-21+. The molecule has 0 saturated carbocycles. The van der Waals surface area contributed by atoms with Gasteiger partial charge in [-0.25, -0.2) is 0 Å². The molecule has 2 fully saturated rings. The number of hydrogen-bond acceptors (Lipinski definition) is 5. The van der Waals surface area contributed by atoms with Crippen LogP contribution in [0, 0.1) is 13.8 Å². The smallest absolute Gasteiger partial charge is 0.295 e. The first-order valence-corrected chi connectivity index (χ1v) is 10.7. The number of amides is 1. The van der Waals surface area contributed by atoms with Crippen LogP contribution < -0.4 is 0 Å². The Balaban J connectivity index is 1.75. The molecule has 2 heterocycles. The minimum atomic E-state index is -0.630. The van der Waals surface area contributed by atoms with Crippen LogP contribution in [0.5, 0.6) is 0 Å². The number of carbonyl (C=O) groups is 2. The summed E-state index contributed by atoms with van der Waals surface area (Å²) in [4.78, 5) is 30.0. The van der Waals surface area contributed by atoms with Crippen LogP contribution in [-0.2, 0) is 14.3 Å². The highest BCUT2D eigenvalue weighted by Crippen LogP contribution is 2.39. The van der Waals surface area contributed by atoms with Crippen molar-refractivity contribution in [3.63, 3.8) is 0 Å². The van der Waals surface area contributed by atoms with Crippen molar-refractivity contribution in [3.05, 3.63) is 76.4 Å². The molecule has 0 radical (unpaired) electrons. The largest absolute Gasteiger partial charge is 0.507 e. The van der Waals surface area contributed by atoms with E-state index in [1.807, 2.05) is 62.4 Å². The average Bonchev–Trinajstić information content (AvgIpc) is 3.05. The number of morpholine rings is 1. The van der Waals surface area contributed by atoms with Gasteiger partial charge in [0.25, 0.3) is 11.7 Å². The fraction of sp³-hybridized carbons (Fsp3) is 0.360. The molecule has 4 rings (SSSR count).